The summed E-state index contributed by atoms with van der Waals surface area (Å²) in [7, 11) is 0. The molecule has 0 heterocycles. The van der Waals surface area contributed by atoms with E-state index in [0.717, 1.165) is 16.7 Å². The lowest BCUT2D eigenvalue weighted by Crippen LogP contribution is -2.24. The van der Waals surface area contributed by atoms with Crippen LogP contribution in [0.5, 0.6) is 0 Å². The summed E-state index contributed by atoms with van der Waals surface area (Å²) < 4.78 is 4.88. The van der Waals surface area contributed by atoms with Gasteiger partial charge in [0.2, 0.25) is 0 Å². The van der Waals surface area contributed by atoms with Crippen LogP contribution in [-0.4, -0.2) is 18.3 Å². The van der Waals surface area contributed by atoms with Crippen molar-refractivity contribution < 1.29 is 9.53 Å². The number of hydrogen-bond acceptors (Lipinski definition) is 3. The number of amides is 1. The number of nitrogens with two attached hydrogens (primary N) is 2. The highest BCUT2D eigenvalue weighted by molar-refractivity contribution is 6.08. The second-order valence-electron chi connectivity index (χ2n) is 3.68. The van der Waals surface area contributed by atoms with Crippen LogP contribution in [0.15, 0.2) is 35.3 Å². The zero-order chi connectivity index (χ0) is 14.3. The molecule has 0 bridgehead atoms. The summed E-state index contributed by atoms with van der Waals surface area (Å²) in [5.41, 5.74) is 12.6. The Morgan fingerprint density at radius 2 is 2.21 bits per heavy atom. The molecular weight excluding hydrogens is 244 g/mol. The van der Waals surface area contributed by atoms with Crippen LogP contribution in [0.4, 0.5) is 4.79 Å². The summed E-state index contributed by atoms with van der Waals surface area (Å²) >= 11 is 0. The fourth-order valence-corrected chi connectivity index (χ4v) is 1.46. The maximum absolute atomic E-state index is 11.1. The maximum atomic E-state index is 11.1. The third-order valence-corrected chi connectivity index (χ3v) is 2.31. The SMILES string of the molecule is C/C=C(\C=N)c1cccc(COC(=O)N=C(N)N)c1. The lowest BCUT2D eigenvalue weighted by Gasteiger charge is -2.05. The Bertz CT molecular complexity index is 531. The van der Waals surface area contributed by atoms with Gasteiger partial charge in [-0.2, -0.15) is 0 Å². The molecular formula is C13H16N4O2. The van der Waals surface area contributed by atoms with E-state index in [2.05, 4.69) is 4.99 Å². The topological polar surface area (TPSA) is 115 Å². The van der Waals surface area contributed by atoms with Crippen LogP contribution in [0.1, 0.15) is 18.1 Å². The van der Waals surface area contributed by atoms with Gasteiger partial charge >= 0.3 is 6.09 Å². The monoisotopic (exact) mass is 260 g/mol. The average Bonchev–Trinajstić information content (AvgIpc) is 2.38. The molecule has 1 rings (SSSR count). The van der Waals surface area contributed by atoms with E-state index in [4.69, 9.17) is 21.6 Å². The van der Waals surface area contributed by atoms with Gasteiger partial charge in [0.1, 0.15) is 6.61 Å². The van der Waals surface area contributed by atoms with Crippen LogP contribution in [0.3, 0.4) is 0 Å². The molecule has 0 aliphatic rings. The quantitative estimate of drug-likeness (QED) is 0.564. The Kier molecular flexibility index (Phi) is 5.28. The number of rotatable bonds is 4. The third-order valence-electron chi connectivity index (χ3n) is 2.31. The number of allylic oxidation sites excluding steroid dienone is 2. The number of nitrogens with zero attached hydrogens (tertiary/aromatic N) is 1. The van der Waals surface area contributed by atoms with Crippen LogP contribution >= 0.6 is 0 Å². The molecule has 0 aliphatic heterocycles. The minimum atomic E-state index is -0.830. The third kappa shape index (κ3) is 4.63. The first kappa shape index (κ1) is 14.4. The number of carbonyl (C=O) groups is 1. The number of ether oxygens (including phenoxy) is 1. The van der Waals surface area contributed by atoms with Crippen LogP contribution in [-0.2, 0) is 11.3 Å². The summed E-state index contributed by atoms with van der Waals surface area (Å²) in [5, 5.41) is 7.29. The summed E-state index contributed by atoms with van der Waals surface area (Å²) in [5.74, 6) is -0.334. The van der Waals surface area contributed by atoms with Gasteiger partial charge in [-0.05, 0) is 29.7 Å². The molecule has 100 valence electrons. The van der Waals surface area contributed by atoms with Gasteiger partial charge in [0.05, 0.1) is 0 Å². The Morgan fingerprint density at radius 3 is 2.79 bits per heavy atom. The first-order valence-corrected chi connectivity index (χ1v) is 5.59. The maximum Gasteiger partial charge on any atom is 0.437 e. The van der Waals surface area contributed by atoms with E-state index in [1.165, 1.54) is 6.21 Å². The van der Waals surface area contributed by atoms with Gasteiger partial charge in [0, 0.05) is 6.21 Å². The highest BCUT2D eigenvalue weighted by atomic mass is 16.5. The van der Waals surface area contributed by atoms with Gasteiger partial charge < -0.3 is 21.6 Å². The summed E-state index contributed by atoms with van der Waals surface area (Å²) in [4.78, 5) is 14.4. The Labute approximate surface area is 111 Å². The summed E-state index contributed by atoms with van der Waals surface area (Å²) in [6.45, 7) is 1.92. The van der Waals surface area contributed by atoms with Crippen molar-refractivity contribution in [3.63, 3.8) is 0 Å². The van der Waals surface area contributed by atoms with E-state index in [1.807, 2.05) is 37.3 Å². The highest BCUT2D eigenvalue weighted by Gasteiger charge is 2.03. The average molecular weight is 260 g/mol. The highest BCUT2D eigenvalue weighted by Crippen LogP contribution is 2.14. The van der Waals surface area contributed by atoms with Gasteiger partial charge in [-0.1, -0.05) is 24.3 Å². The molecule has 0 saturated carbocycles. The molecule has 0 fully saturated rings. The molecule has 5 N–H and O–H groups in total. The molecule has 0 spiro atoms. The molecule has 0 radical (unpaired) electrons. The number of benzene rings is 1. The van der Waals surface area contributed by atoms with Crippen molar-refractivity contribution in [1.82, 2.24) is 0 Å². The predicted octanol–water partition coefficient (Wildman–Crippen LogP) is 1.65. The van der Waals surface area contributed by atoms with Gasteiger partial charge in [-0.3, -0.25) is 0 Å². The second kappa shape index (κ2) is 6.95. The fraction of sp³-hybridized carbons (Fsp3) is 0.154. The largest absolute Gasteiger partial charge is 0.443 e. The van der Waals surface area contributed by atoms with E-state index in [-0.39, 0.29) is 12.6 Å². The van der Waals surface area contributed by atoms with Crippen molar-refractivity contribution in [3.8, 4) is 0 Å². The standard InChI is InChI=1S/C13H16N4O2/c1-2-10(7-14)11-5-3-4-9(6-11)8-19-13(18)17-12(15)16/h2-7,14H,8H2,1H3,(H4,15,16,17,18)/b10-2+,14-7?. The van der Waals surface area contributed by atoms with Gasteiger partial charge in [0.25, 0.3) is 0 Å². The number of hydrogen-bond donors (Lipinski definition) is 3. The molecule has 19 heavy (non-hydrogen) atoms. The van der Waals surface area contributed by atoms with Crippen LogP contribution in [0, 0.1) is 5.41 Å². The molecule has 0 saturated heterocycles. The first-order valence-electron chi connectivity index (χ1n) is 5.59. The van der Waals surface area contributed by atoms with Crippen molar-refractivity contribution in [1.29, 1.82) is 5.41 Å². The fourth-order valence-electron chi connectivity index (χ4n) is 1.46. The van der Waals surface area contributed by atoms with Gasteiger partial charge in [0.15, 0.2) is 5.96 Å². The van der Waals surface area contributed by atoms with Crippen molar-refractivity contribution in [2.75, 3.05) is 0 Å². The van der Waals surface area contributed by atoms with E-state index >= 15 is 0 Å². The lowest BCUT2D eigenvalue weighted by atomic mass is 10.0. The molecule has 6 heteroatoms. The summed E-state index contributed by atoms with van der Waals surface area (Å²) in [6.07, 6.45) is 2.27. The summed E-state index contributed by atoms with van der Waals surface area (Å²) in [6, 6.07) is 7.35. The number of nitrogens with one attached hydrogen (secondary N) is 1. The van der Waals surface area contributed by atoms with Crippen molar-refractivity contribution in [2.45, 2.75) is 13.5 Å². The molecule has 1 aromatic rings. The Balaban J connectivity index is 2.76. The predicted molar refractivity (Wildman–Crippen MR) is 74.9 cm³/mol. The zero-order valence-electron chi connectivity index (χ0n) is 10.6. The molecule has 1 amide bonds. The first-order chi connectivity index (χ1) is 9.06. The molecule has 6 nitrogen and oxygen atoms in total. The lowest BCUT2D eigenvalue weighted by molar-refractivity contribution is 0.151. The van der Waals surface area contributed by atoms with E-state index in [0.29, 0.717) is 0 Å². The number of aliphatic imine (C=N–C) groups is 1. The van der Waals surface area contributed by atoms with Crippen LogP contribution < -0.4 is 11.5 Å². The minimum Gasteiger partial charge on any atom is -0.443 e. The molecule has 0 aromatic heterocycles. The number of carbonyl (C=O) groups excluding carboxylic acids is 1. The smallest absolute Gasteiger partial charge is 0.437 e. The van der Waals surface area contributed by atoms with E-state index in [9.17, 15) is 4.79 Å². The van der Waals surface area contributed by atoms with Crippen molar-refractivity contribution in [3.05, 3.63) is 41.5 Å². The molecule has 1 aromatic carbocycles. The van der Waals surface area contributed by atoms with Crippen LogP contribution in [0.25, 0.3) is 5.57 Å². The Hall–Kier alpha value is -2.63. The van der Waals surface area contributed by atoms with Crippen molar-refractivity contribution in [2.24, 2.45) is 16.5 Å². The molecule has 0 atom stereocenters. The van der Waals surface area contributed by atoms with Crippen molar-refractivity contribution >= 4 is 23.8 Å². The normalized spacial score (nSPS) is 10.7. The minimum absolute atomic E-state index is 0.0679. The molecule has 0 aliphatic carbocycles. The molecule has 0 unspecified atom stereocenters. The number of guanidine groups is 1. The van der Waals surface area contributed by atoms with Gasteiger partial charge in [-0.15, -0.1) is 4.99 Å². The van der Waals surface area contributed by atoms with E-state index < -0.39 is 6.09 Å². The van der Waals surface area contributed by atoms with Gasteiger partial charge in [-0.25, -0.2) is 4.79 Å². The van der Waals surface area contributed by atoms with E-state index in [1.54, 1.807) is 0 Å². The Morgan fingerprint density at radius 1 is 1.47 bits per heavy atom. The zero-order valence-corrected chi connectivity index (χ0v) is 10.6. The second-order valence-corrected chi connectivity index (χ2v) is 3.68. The van der Waals surface area contributed by atoms with Crippen LogP contribution in [0.2, 0.25) is 0 Å².